The predicted molar refractivity (Wildman–Crippen MR) is 304 cm³/mol. The van der Waals surface area contributed by atoms with Crippen LogP contribution in [-0.2, 0) is 31.9 Å². The van der Waals surface area contributed by atoms with Crippen LogP contribution in [0.25, 0.3) is 43.9 Å². The maximum absolute atomic E-state index is 13.7. The number of phenols is 1. The number of aryl methyl sites for hydroxylation is 2. The van der Waals surface area contributed by atoms with Crippen LogP contribution in [-0.4, -0.2) is 154 Å². The lowest BCUT2D eigenvalue weighted by Gasteiger charge is -2.36. The highest BCUT2D eigenvalue weighted by atomic mass is 19.2. The highest BCUT2D eigenvalue weighted by molar-refractivity contribution is 6.08. The van der Waals surface area contributed by atoms with Crippen molar-refractivity contribution in [2.24, 2.45) is 0 Å². The summed E-state index contributed by atoms with van der Waals surface area (Å²) in [6.07, 6.45) is 5.85. The number of fused-ring (bicyclic) bond motifs is 6. The minimum atomic E-state index is -1.79. The number of carboxylic acids is 1. The van der Waals surface area contributed by atoms with Gasteiger partial charge < -0.3 is 55.7 Å². The number of nitrogen functional groups attached to an aromatic ring is 2. The van der Waals surface area contributed by atoms with E-state index in [-0.39, 0.29) is 38.2 Å². The number of esters is 1. The lowest BCUT2D eigenvalue weighted by molar-refractivity contribution is -0.138. The van der Waals surface area contributed by atoms with Gasteiger partial charge >= 0.3 is 11.9 Å². The van der Waals surface area contributed by atoms with Crippen molar-refractivity contribution >= 4 is 78.8 Å². The molecule has 0 spiro atoms. The smallest absolute Gasteiger partial charge is 0.313 e. The molecule has 0 bridgehead atoms. The van der Waals surface area contributed by atoms with Gasteiger partial charge in [0.25, 0.3) is 0 Å². The maximum atomic E-state index is 13.7. The lowest BCUT2D eigenvalue weighted by Crippen LogP contribution is -2.47. The first-order valence-corrected chi connectivity index (χ1v) is 27.9. The molecule has 2 aliphatic heterocycles. The van der Waals surface area contributed by atoms with Gasteiger partial charge in [-0.1, -0.05) is 26.7 Å². The van der Waals surface area contributed by atoms with Crippen LogP contribution in [0.4, 0.5) is 58.1 Å². The van der Waals surface area contributed by atoms with Crippen LogP contribution in [0, 0.1) is 46.5 Å². The Labute approximate surface area is 482 Å². The van der Waals surface area contributed by atoms with Gasteiger partial charge in [0.05, 0.1) is 50.3 Å². The lowest BCUT2D eigenvalue weighted by atomic mass is 10.1. The zero-order chi connectivity index (χ0) is 60.9. The van der Waals surface area contributed by atoms with Gasteiger partial charge in [0, 0.05) is 113 Å². The number of hydrogen-bond donors (Lipinski definition) is 6. The number of phenolic OH excluding ortho intramolecular Hbond substituents is 1. The molecule has 0 aliphatic carbocycles. The Hall–Kier alpha value is -8.14. The molecule has 2 aliphatic rings. The second kappa shape index (κ2) is 29.1. The third-order valence-corrected chi connectivity index (χ3v) is 14.4. The second-order valence-corrected chi connectivity index (χ2v) is 20.3. The largest absolute Gasteiger partial charge is 0.503 e. The summed E-state index contributed by atoms with van der Waals surface area (Å²) < 4.78 is 118. The van der Waals surface area contributed by atoms with Crippen LogP contribution in [0.5, 0.6) is 11.5 Å². The van der Waals surface area contributed by atoms with Crippen molar-refractivity contribution in [3.8, 4) is 11.5 Å². The van der Waals surface area contributed by atoms with Crippen molar-refractivity contribution in [3.63, 3.8) is 0 Å². The molecule has 4 aromatic heterocycles. The zero-order valence-corrected chi connectivity index (χ0v) is 46.9. The SMILES string of the molecule is CCCCc1nc2c([nH]1)c(N)nc1cc(N3CCN(CCOCCC(=O)O)CC3)ccc12.CCCCc1nc2c([nH]1)c(N)nc1cc(N3CCN(CCOCCC(=O)Oc4c(F)c(F)cc(F)c4F)CC3)ccc12.Oc1c(F)c(F)cc(F)c1F. The number of ether oxygens (including phenoxy) is 3. The molecule has 10 rings (SSSR count). The number of aromatic hydroxyl groups is 1. The first-order chi connectivity index (χ1) is 40.8. The first-order valence-electron chi connectivity index (χ1n) is 27.9. The second-order valence-electron chi connectivity index (χ2n) is 20.3. The zero-order valence-electron chi connectivity index (χ0n) is 46.9. The van der Waals surface area contributed by atoms with Gasteiger partial charge in [-0.3, -0.25) is 19.4 Å². The number of hydrogen-bond acceptors (Lipinski definition) is 16. The molecule has 19 nitrogen and oxygen atoms in total. The van der Waals surface area contributed by atoms with Crippen molar-refractivity contribution in [3.05, 3.63) is 107 Å². The first kappa shape index (κ1) is 62.9. The third kappa shape index (κ3) is 15.8. The summed E-state index contributed by atoms with van der Waals surface area (Å²) in [6, 6.07) is 12.6. The van der Waals surface area contributed by atoms with Crippen LogP contribution in [0.1, 0.15) is 64.0 Å². The maximum Gasteiger partial charge on any atom is 0.313 e. The van der Waals surface area contributed by atoms with Crippen LogP contribution in [0.2, 0.25) is 0 Å². The van der Waals surface area contributed by atoms with E-state index in [1.807, 2.05) is 12.1 Å². The van der Waals surface area contributed by atoms with E-state index in [4.69, 9.17) is 41.1 Å². The van der Waals surface area contributed by atoms with Crippen molar-refractivity contribution in [1.29, 1.82) is 0 Å². The molecule has 0 unspecified atom stereocenters. The van der Waals surface area contributed by atoms with Gasteiger partial charge in [-0.2, -0.15) is 17.6 Å². The standard InChI is InChI=1S/C29H32F4N6O3.C23H32N6O3.C6H2F4O/c1-2-3-4-22-36-26-18-6-5-17(15-21(18)35-29(34)27(26)37-22)39-10-8-38(9-11-39)12-14-41-13-7-23(40)42-28-24(32)19(30)16-20(31)25(28)33;1-2-3-4-19-26-21-17-6-5-16(15-18(17)25-23(24)22(21)27-19)29-10-8-28(9-11-29)12-14-32-13-7-20(30)31;7-2-1-3(8)5(10)6(11)4(2)9/h5-6,15-16H,2-4,7-14H2,1H3,(H2,34,35)(H,36,37);5-6,15H,2-4,7-14H2,1H3,(H2,24,25)(H,26,27)(H,30,31);1,11H. The van der Waals surface area contributed by atoms with E-state index in [1.165, 1.54) is 0 Å². The van der Waals surface area contributed by atoms with Crippen LogP contribution >= 0.6 is 0 Å². The van der Waals surface area contributed by atoms with Crippen LogP contribution in [0.3, 0.4) is 0 Å². The molecule has 0 saturated carbocycles. The van der Waals surface area contributed by atoms with Gasteiger partial charge in [-0.25, -0.2) is 37.5 Å². The molecule has 85 heavy (non-hydrogen) atoms. The number of nitrogens with two attached hydrogens (primary N) is 2. The van der Waals surface area contributed by atoms with Gasteiger partial charge in [-0.15, -0.1) is 0 Å². The number of aliphatic carboxylic acids is 1. The number of aromatic amines is 2. The molecule has 0 atom stereocenters. The van der Waals surface area contributed by atoms with Gasteiger partial charge in [0.2, 0.25) is 29.0 Å². The molecule has 2 saturated heterocycles. The molecule has 27 heteroatoms. The molecular weight excluding hydrogens is 1130 g/mol. The monoisotopic (exact) mass is 1190 g/mol. The van der Waals surface area contributed by atoms with Crippen molar-refractivity contribution in [2.45, 2.75) is 65.2 Å². The van der Waals surface area contributed by atoms with E-state index in [2.05, 4.69) is 82.4 Å². The number of carboxylic acid groups (broad SMARTS) is 1. The van der Waals surface area contributed by atoms with E-state index in [9.17, 15) is 44.7 Å². The number of piperazine rings is 2. The summed E-state index contributed by atoms with van der Waals surface area (Å²) in [5.41, 5.74) is 19.7. The van der Waals surface area contributed by atoms with Crippen molar-refractivity contribution in [2.75, 3.05) is 113 Å². The fourth-order valence-electron chi connectivity index (χ4n) is 9.65. The molecule has 2 fully saturated rings. The highest BCUT2D eigenvalue weighted by Gasteiger charge is 2.25. The summed E-state index contributed by atoms with van der Waals surface area (Å²) >= 11 is 0. The number of H-pyrrole nitrogens is 2. The predicted octanol–water partition coefficient (Wildman–Crippen LogP) is 9.32. The van der Waals surface area contributed by atoms with E-state index in [0.29, 0.717) is 31.4 Å². The molecule has 8 N–H and O–H groups in total. The number of rotatable bonds is 21. The Balaban J connectivity index is 0.000000192. The van der Waals surface area contributed by atoms with Crippen molar-refractivity contribution in [1.82, 2.24) is 39.7 Å². The van der Waals surface area contributed by atoms with Gasteiger partial charge in [-0.05, 0) is 49.2 Å². The Kier molecular flexibility index (Phi) is 21.5. The van der Waals surface area contributed by atoms with E-state index in [1.54, 1.807) is 0 Å². The number of nitrogens with zero attached hydrogens (tertiary/aromatic N) is 8. The van der Waals surface area contributed by atoms with E-state index in [0.717, 1.165) is 164 Å². The summed E-state index contributed by atoms with van der Waals surface area (Å²) in [6.45, 7) is 13.7. The number of carbonyl (C=O) groups excluding carboxylic acids is 1. The molecule has 8 aromatic rings. The Morgan fingerprint density at radius 1 is 0.565 bits per heavy atom. The quantitative estimate of drug-likeness (QED) is 0.0129. The highest BCUT2D eigenvalue weighted by Crippen LogP contribution is 2.33. The Morgan fingerprint density at radius 2 is 0.976 bits per heavy atom. The molecule has 6 heterocycles. The molecule has 456 valence electrons. The number of aromatic nitrogens is 6. The summed E-state index contributed by atoms with van der Waals surface area (Å²) in [7, 11) is 0. The number of pyridine rings is 2. The fourth-order valence-corrected chi connectivity index (χ4v) is 9.65. The van der Waals surface area contributed by atoms with Crippen LogP contribution in [0.15, 0.2) is 48.5 Å². The number of carbonyl (C=O) groups is 2. The normalized spacial score (nSPS) is 14.0. The number of imidazole rings is 2. The number of benzene rings is 4. The summed E-state index contributed by atoms with van der Waals surface area (Å²) in [5, 5.41) is 19.0. The van der Waals surface area contributed by atoms with E-state index >= 15 is 0 Å². The van der Waals surface area contributed by atoms with Gasteiger partial charge in [0.15, 0.2) is 29.0 Å². The fraction of sp³-hybridized carbons (Fsp3) is 0.414. The van der Waals surface area contributed by atoms with E-state index < -0.39 is 70.0 Å². The molecule has 0 amide bonds. The summed E-state index contributed by atoms with van der Waals surface area (Å²) in [5.74, 6) is -15.8. The average Bonchev–Trinajstić information content (AvgIpc) is 2.11. The minimum Gasteiger partial charge on any atom is -0.503 e. The number of nitrogens with one attached hydrogen (secondary N) is 2. The average molecular weight is 1200 g/mol. The summed E-state index contributed by atoms with van der Waals surface area (Å²) in [4.78, 5) is 57.1. The number of halogens is 8. The molecule has 0 radical (unpaired) electrons. The minimum absolute atomic E-state index is 0.0182. The number of unbranched alkanes of at least 4 members (excludes halogenated alkanes) is 2. The topological polar surface area (TPSA) is 250 Å². The Bertz CT molecular complexity index is 3580. The molecular formula is C58H66F8N12O7. The van der Waals surface area contributed by atoms with Crippen LogP contribution < -0.4 is 26.0 Å². The van der Waals surface area contributed by atoms with Crippen molar-refractivity contribution < 1.29 is 69.1 Å². The number of anilines is 4. The third-order valence-electron chi connectivity index (χ3n) is 14.4. The van der Waals surface area contributed by atoms with Gasteiger partial charge in [0.1, 0.15) is 45.4 Å². The Morgan fingerprint density at radius 3 is 1.39 bits per heavy atom. The molecule has 4 aromatic carbocycles.